The maximum atomic E-state index is 12.7. The van der Waals surface area contributed by atoms with E-state index in [4.69, 9.17) is 13.9 Å². The van der Waals surface area contributed by atoms with Crippen LogP contribution in [0.4, 0.5) is 0 Å². The molecule has 0 bridgehead atoms. The van der Waals surface area contributed by atoms with Crippen LogP contribution in [0.3, 0.4) is 0 Å². The van der Waals surface area contributed by atoms with Gasteiger partial charge in [-0.05, 0) is 30.3 Å². The Hall–Kier alpha value is -3.22. The number of nitrogens with zero attached hydrogens (tertiary/aromatic N) is 2. The second-order valence-corrected chi connectivity index (χ2v) is 6.36. The lowest BCUT2D eigenvalue weighted by atomic mass is 10.2. The molecule has 4 rings (SSSR count). The Morgan fingerprint density at radius 3 is 2.44 bits per heavy atom. The van der Waals surface area contributed by atoms with Gasteiger partial charge in [0.25, 0.3) is 5.91 Å². The Morgan fingerprint density at radius 2 is 1.70 bits per heavy atom. The standard InChI is InChI=1S/C20H20N2O5/c23-19(8-7-15-4-3-13-25-15)21-9-11-22(12-10-21)20(24)18-14-26-16-5-1-2-6-17(16)27-18/h1-8,13,18H,9-12,14H2. The summed E-state index contributed by atoms with van der Waals surface area (Å²) in [7, 11) is 0. The summed E-state index contributed by atoms with van der Waals surface area (Å²) in [6.45, 7) is 2.11. The number of carbonyl (C=O) groups is 2. The maximum Gasteiger partial charge on any atom is 0.267 e. The van der Waals surface area contributed by atoms with Crippen molar-refractivity contribution in [1.82, 2.24) is 9.80 Å². The first-order valence-corrected chi connectivity index (χ1v) is 8.88. The van der Waals surface area contributed by atoms with E-state index in [1.165, 1.54) is 6.08 Å². The van der Waals surface area contributed by atoms with Crippen LogP contribution in [0.2, 0.25) is 0 Å². The van der Waals surface area contributed by atoms with Crippen molar-refractivity contribution in [2.24, 2.45) is 0 Å². The average molecular weight is 368 g/mol. The molecule has 1 aromatic heterocycles. The van der Waals surface area contributed by atoms with E-state index < -0.39 is 6.10 Å². The van der Waals surface area contributed by atoms with Gasteiger partial charge in [-0.2, -0.15) is 0 Å². The van der Waals surface area contributed by atoms with Crippen molar-refractivity contribution in [1.29, 1.82) is 0 Å². The molecule has 0 aliphatic carbocycles. The molecule has 7 heteroatoms. The summed E-state index contributed by atoms with van der Waals surface area (Å²) in [4.78, 5) is 28.4. The molecule has 7 nitrogen and oxygen atoms in total. The SMILES string of the molecule is O=C(C=Cc1ccco1)N1CCN(C(=O)C2COc3ccccc3O2)CC1. The number of fused-ring (bicyclic) bond motifs is 1. The van der Waals surface area contributed by atoms with Crippen molar-refractivity contribution in [3.05, 3.63) is 54.5 Å². The first kappa shape index (κ1) is 17.2. The number of hydrogen-bond donors (Lipinski definition) is 0. The highest BCUT2D eigenvalue weighted by Gasteiger charge is 2.33. The smallest absolute Gasteiger partial charge is 0.267 e. The van der Waals surface area contributed by atoms with Gasteiger partial charge in [-0.1, -0.05) is 12.1 Å². The van der Waals surface area contributed by atoms with Crippen molar-refractivity contribution in [2.45, 2.75) is 6.10 Å². The maximum absolute atomic E-state index is 12.7. The topological polar surface area (TPSA) is 72.2 Å². The number of carbonyl (C=O) groups excluding carboxylic acids is 2. The summed E-state index contributed by atoms with van der Waals surface area (Å²) >= 11 is 0. The third-order valence-electron chi connectivity index (χ3n) is 4.62. The van der Waals surface area contributed by atoms with Gasteiger partial charge in [0.05, 0.1) is 6.26 Å². The number of para-hydroxylation sites is 2. The van der Waals surface area contributed by atoms with Crippen LogP contribution in [-0.2, 0) is 9.59 Å². The molecule has 3 heterocycles. The zero-order valence-electron chi connectivity index (χ0n) is 14.7. The molecule has 1 unspecified atom stereocenters. The first-order chi connectivity index (χ1) is 13.2. The fourth-order valence-electron chi connectivity index (χ4n) is 3.14. The van der Waals surface area contributed by atoms with Crippen molar-refractivity contribution >= 4 is 17.9 Å². The highest BCUT2D eigenvalue weighted by Crippen LogP contribution is 2.31. The van der Waals surface area contributed by atoms with Crippen molar-refractivity contribution in [3.63, 3.8) is 0 Å². The van der Waals surface area contributed by atoms with E-state index >= 15 is 0 Å². The van der Waals surface area contributed by atoms with Gasteiger partial charge in [0.2, 0.25) is 12.0 Å². The Kier molecular flexibility index (Phi) is 4.82. The largest absolute Gasteiger partial charge is 0.485 e. The van der Waals surface area contributed by atoms with Crippen LogP contribution in [0, 0.1) is 0 Å². The number of ether oxygens (including phenoxy) is 2. The van der Waals surface area contributed by atoms with E-state index in [9.17, 15) is 9.59 Å². The van der Waals surface area contributed by atoms with Gasteiger partial charge < -0.3 is 23.7 Å². The summed E-state index contributed by atoms with van der Waals surface area (Å²) in [6.07, 6.45) is 4.04. The lowest BCUT2D eigenvalue weighted by Gasteiger charge is -2.36. The van der Waals surface area contributed by atoms with E-state index in [1.807, 2.05) is 18.2 Å². The van der Waals surface area contributed by atoms with Crippen LogP contribution in [0.1, 0.15) is 5.76 Å². The minimum atomic E-state index is -0.652. The van der Waals surface area contributed by atoms with E-state index in [-0.39, 0.29) is 18.4 Å². The van der Waals surface area contributed by atoms with E-state index in [2.05, 4.69) is 0 Å². The minimum Gasteiger partial charge on any atom is -0.485 e. The number of furan rings is 1. The fourth-order valence-corrected chi connectivity index (χ4v) is 3.14. The number of piperazine rings is 1. The second kappa shape index (κ2) is 7.57. The van der Waals surface area contributed by atoms with Crippen LogP contribution >= 0.6 is 0 Å². The molecule has 2 amide bonds. The van der Waals surface area contributed by atoms with Crippen molar-refractivity contribution < 1.29 is 23.5 Å². The molecule has 1 fully saturated rings. The van der Waals surface area contributed by atoms with Crippen LogP contribution in [0.25, 0.3) is 6.08 Å². The first-order valence-electron chi connectivity index (χ1n) is 8.88. The molecule has 0 spiro atoms. The minimum absolute atomic E-state index is 0.0929. The molecule has 2 aromatic rings. The predicted molar refractivity (Wildman–Crippen MR) is 97.3 cm³/mol. The van der Waals surface area contributed by atoms with Crippen molar-refractivity contribution in [3.8, 4) is 11.5 Å². The molecule has 1 aromatic carbocycles. The quantitative estimate of drug-likeness (QED) is 0.773. The molecule has 0 saturated carbocycles. The molecule has 27 heavy (non-hydrogen) atoms. The molecule has 1 atom stereocenters. The summed E-state index contributed by atoms with van der Waals surface area (Å²) < 4.78 is 16.6. The molecule has 2 aliphatic rings. The average Bonchev–Trinajstić information content (AvgIpc) is 3.25. The third kappa shape index (κ3) is 3.81. The zero-order valence-corrected chi connectivity index (χ0v) is 14.7. The normalized spacial score (nSPS) is 19.3. The van der Waals surface area contributed by atoms with Gasteiger partial charge in [-0.3, -0.25) is 9.59 Å². The van der Waals surface area contributed by atoms with Gasteiger partial charge >= 0.3 is 0 Å². The summed E-state index contributed by atoms with van der Waals surface area (Å²) in [5, 5.41) is 0. The van der Waals surface area contributed by atoms with Crippen LogP contribution < -0.4 is 9.47 Å². The summed E-state index contributed by atoms with van der Waals surface area (Å²) in [5.74, 6) is 1.67. The molecule has 0 radical (unpaired) electrons. The Balaban J connectivity index is 1.30. The zero-order chi connectivity index (χ0) is 18.6. The molecular weight excluding hydrogens is 348 g/mol. The van der Waals surface area contributed by atoms with Gasteiger partial charge in [0, 0.05) is 32.3 Å². The van der Waals surface area contributed by atoms with Crippen LogP contribution in [-0.4, -0.2) is 60.5 Å². The Bertz CT molecular complexity index is 838. The second-order valence-electron chi connectivity index (χ2n) is 6.36. The third-order valence-corrected chi connectivity index (χ3v) is 4.62. The lowest BCUT2D eigenvalue weighted by Crippen LogP contribution is -2.54. The van der Waals surface area contributed by atoms with E-state index in [1.54, 1.807) is 40.3 Å². The lowest BCUT2D eigenvalue weighted by molar-refractivity contribution is -0.145. The number of benzene rings is 1. The van der Waals surface area contributed by atoms with Gasteiger partial charge in [0.15, 0.2) is 11.5 Å². The highest BCUT2D eigenvalue weighted by atomic mass is 16.6. The Labute approximate surface area is 156 Å². The van der Waals surface area contributed by atoms with E-state index in [0.29, 0.717) is 43.4 Å². The highest BCUT2D eigenvalue weighted by molar-refractivity contribution is 5.91. The van der Waals surface area contributed by atoms with Crippen LogP contribution in [0.15, 0.2) is 53.2 Å². The monoisotopic (exact) mass is 368 g/mol. The number of hydrogen-bond acceptors (Lipinski definition) is 5. The van der Waals surface area contributed by atoms with Crippen LogP contribution in [0.5, 0.6) is 11.5 Å². The van der Waals surface area contributed by atoms with Gasteiger partial charge in [-0.25, -0.2) is 0 Å². The summed E-state index contributed by atoms with van der Waals surface area (Å²) in [6, 6.07) is 10.9. The van der Waals surface area contributed by atoms with Crippen molar-refractivity contribution in [2.75, 3.05) is 32.8 Å². The molecule has 2 aliphatic heterocycles. The molecular formula is C20H20N2O5. The number of rotatable bonds is 3. The molecule has 1 saturated heterocycles. The molecule has 0 N–H and O–H groups in total. The predicted octanol–water partition coefficient (Wildman–Crippen LogP) is 1.80. The van der Waals surface area contributed by atoms with E-state index in [0.717, 1.165) is 0 Å². The Morgan fingerprint density at radius 1 is 0.963 bits per heavy atom. The number of amides is 2. The summed E-state index contributed by atoms with van der Waals surface area (Å²) in [5.41, 5.74) is 0. The molecule has 140 valence electrons. The van der Waals surface area contributed by atoms with Gasteiger partial charge in [-0.15, -0.1) is 0 Å². The fraction of sp³-hybridized carbons (Fsp3) is 0.300. The van der Waals surface area contributed by atoms with Gasteiger partial charge in [0.1, 0.15) is 12.4 Å².